The fourth-order valence-electron chi connectivity index (χ4n) is 3.26. The second-order valence-corrected chi connectivity index (χ2v) is 6.86. The molecule has 5 heteroatoms. The van der Waals surface area contributed by atoms with E-state index in [9.17, 15) is 4.79 Å². The zero-order chi connectivity index (χ0) is 18.7. The predicted octanol–water partition coefficient (Wildman–Crippen LogP) is 3.97. The van der Waals surface area contributed by atoms with Crippen LogP contribution in [0.2, 0.25) is 0 Å². The highest BCUT2D eigenvalue weighted by atomic mass is 16.5. The molecular formula is C21H27N3O2. The molecule has 1 heterocycles. The van der Waals surface area contributed by atoms with Gasteiger partial charge in [-0.1, -0.05) is 12.1 Å². The summed E-state index contributed by atoms with van der Waals surface area (Å²) in [5.41, 5.74) is 5.56. The van der Waals surface area contributed by atoms with Gasteiger partial charge in [0.25, 0.3) is 0 Å². The van der Waals surface area contributed by atoms with Crippen LogP contribution in [0.3, 0.4) is 0 Å². The molecule has 2 aromatic rings. The molecule has 0 unspecified atom stereocenters. The van der Waals surface area contributed by atoms with Crippen molar-refractivity contribution in [3.63, 3.8) is 0 Å². The van der Waals surface area contributed by atoms with Crippen LogP contribution in [-0.2, 0) is 0 Å². The van der Waals surface area contributed by atoms with Crippen LogP contribution < -0.4 is 15.0 Å². The van der Waals surface area contributed by atoms with Gasteiger partial charge in [-0.2, -0.15) is 0 Å². The number of hydrogen-bond acceptors (Lipinski definition) is 3. The monoisotopic (exact) mass is 353 g/mol. The van der Waals surface area contributed by atoms with Gasteiger partial charge < -0.3 is 19.9 Å². The Hall–Kier alpha value is -2.69. The summed E-state index contributed by atoms with van der Waals surface area (Å²) in [5.74, 6) is 0.855. The van der Waals surface area contributed by atoms with Crippen molar-refractivity contribution in [3.8, 4) is 5.75 Å². The van der Waals surface area contributed by atoms with E-state index in [4.69, 9.17) is 4.74 Å². The number of rotatable bonds is 3. The summed E-state index contributed by atoms with van der Waals surface area (Å²) in [4.78, 5) is 16.8. The number of nitrogens with one attached hydrogen (secondary N) is 1. The van der Waals surface area contributed by atoms with Crippen LogP contribution in [0.25, 0.3) is 0 Å². The summed E-state index contributed by atoms with van der Waals surface area (Å²) >= 11 is 0. The summed E-state index contributed by atoms with van der Waals surface area (Å²) in [6.45, 7) is 9.21. The molecule has 3 rings (SSSR count). The minimum absolute atomic E-state index is 0.0263. The SMILES string of the molecule is COc1cccc(N2CCN(C(=O)Nc3cc(C)c(C)cc3C)CC2)c1. The smallest absolute Gasteiger partial charge is 0.321 e. The maximum atomic E-state index is 12.6. The van der Waals surface area contributed by atoms with Crippen LogP contribution in [0.4, 0.5) is 16.2 Å². The maximum absolute atomic E-state index is 12.6. The molecule has 2 amide bonds. The minimum atomic E-state index is -0.0263. The van der Waals surface area contributed by atoms with Gasteiger partial charge in [0.05, 0.1) is 7.11 Å². The number of anilines is 2. The molecule has 0 saturated carbocycles. The Kier molecular flexibility index (Phi) is 5.35. The molecule has 0 radical (unpaired) electrons. The van der Waals surface area contributed by atoms with E-state index in [1.165, 1.54) is 11.1 Å². The van der Waals surface area contributed by atoms with Gasteiger partial charge in [-0.15, -0.1) is 0 Å². The lowest BCUT2D eigenvalue weighted by molar-refractivity contribution is 0.208. The number of aryl methyl sites for hydroxylation is 3. The molecule has 1 aliphatic heterocycles. The lowest BCUT2D eigenvalue weighted by Gasteiger charge is -2.36. The molecule has 1 fully saturated rings. The molecular weight excluding hydrogens is 326 g/mol. The van der Waals surface area contributed by atoms with Crippen molar-refractivity contribution in [2.24, 2.45) is 0 Å². The van der Waals surface area contributed by atoms with Crippen molar-refractivity contribution >= 4 is 17.4 Å². The number of urea groups is 1. The Morgan fingerprint density at radius 3 is 2.35 bits per heavy atom. The minimum Gasteiger partial charge on any atom is -0.497 e. The van der Waals surface area contributed by atoms with Crippen molar-refractivity contribution in [1.29, 1.82) is 0 Å². The first-order chi connectivity index (χ1) is 12.5. The number of ether oxygens (including phenoxy) is 1. The molecule has 2 aromatic carbocycles. The highest BCUT2D eigenvalue weighted by molar-refractivity contribution is 5.90. The van der Waals surface area contributed by atoms with Gasteiger partial charge in [-0.3, -0.25) is 0 Å². The van der Waals surface area contributed by atoms with E-state index in [-0.39, 0.29) is 6.03 Å². The summed E-state index contributed by atoms with van der Waals surface area (Å²) in [6.07, 6.45) is 0. The molecule has 0 atom stereocenters. The van der Waals surface area contributed by atoms with Crippen LogP contribution in [0, 0.1) is 20.8 Å². The molecule has 0 spiro atoms. The summed E-state index contributed by atoms with van der Waals surface area (Å²) < 4.78 is 5.30. The maximum Gasteiger partial charge on any atom is 0.321 e. The molecule has 138 valence electrons. The van der Waals surface area contributed by atoms with Gasteiger partial charge in [0.2, 0.25) is 0 Å². The molecule has 0 aliphatic carbocycles. The predicted molar refractivity (Wildman–Crippen MR) is 106 cm³/mol. The molecule has 5 nitrogen and oxygen atoms in total. The van der Waals surface area contributed by atoms with Gasteiger partial charge in [-0.05, 0) is 55.7 Å². The number of methoxy groups -OCH3 is 1. The van der Waals surface area contributed by atoms with Crippen LogP contribution in [-0.4, -0.2) is 44.2 Å². The van der Waals surface area contributed by atoms with Crippen molar-refractivity contribution in [2.75, 3.05) is 43.5 Å². The van der Waals surface area contributed by atoms with E-state index >= 15 is 0 Å². The first-order valence-electron chi connectivity index (χ1n) is 9.00. The van der Waals surface area contributed by atoms with Gasteiger partial charge in [0.15, 0.2) is 0 Å². The Labute approximate surface area is 155 Å². The zero-order valence-corrected chi connectivity index (χ0v) is 16.0. The molecule has 0 bridgehead atoms. The molecule has 26 heavy (non-hydrogen) atoms. The first-order valence-corrected chi connectivity index (χ1v) is 9.00. The quantitative estimate of drug-likeness (QED) is 0.908. The largest absolute Gasteiger partial charge is 0.497 e. The van der Waals surface area contributed by atoms with Crippen LogP contribution >= 0.6 is 0 Å². The molecule has 1 N–H and O–H groups in total. The standard InChI is InChI=1S/C21H27N3O2/c1-15-12-17(3)20(13-16(15)2)22-21(25)24-10-8-23(9-11-24)18-6-5-7-19(14-18)26-4/h5-7,12-14H,8-11H2,1-4H3,(H,22,25). The van der Waals surface area contributed by atoms with E-state index < -0.39 is 0 Å². The second kappa shape index (κ2) is 7.68. The van der Waals surface area contributed by atoms with Crippen molar-refractivity contribution in [2.45, 2.75) is 20.8 Å². The van der Waals surface area contributed by atoms with Crippen molar-refractivity contribution < 1.29 is 9.53 Å². The lowest BCUT2D eigenvalue weighted by atomic mass is 10.1. The van der Waals surface area contributed by atoms with E-state index in [1.54, 1.807) is 7.11 Å². The second-order valence-electron chi connectivity index (χ2n) is 6.86. The number of benzene rings is 2. The number of amides is 2. The zero-order valence-electron chi connectivity index (χ0n) is 16.0. The summed E-state index contributed by atoms with van der Waals surface area (Å²) in [7, 11) is 1.68. The third kappa shape index (κ3) is 3.93. The average molecular weight is 353 g/mol. The van der Waals surface area contributed by atoms with E-state index in [0.717, 1.165) is 35.8 Å². The highest BCUT2D eigenvalue weighted by Gasteiger charge is 2.22. The summed E-state index contributed by atoms with van der Waals surface area (Å²) in [5, 5.41) is 3.07. The number of piperazine rings is 1. The van der Waals surface area contributed by atoms with Gasteiger partial charge in [-0.25, -0.2) is 4.79 Å². The van der Waals surface area contributed by atoms with E-state index in [2.05, 4.69) is 42.3 Å². The molecule has 1 saturated heterocycles. The van der Waals surface area contributed by atoms with Crippen LogP contribution in [0.1, 0.15) is 16.7 Å². The Morgan fingerprint density at radius 2 is 1.65 bits per heavy atom. The number of carbonyl (C=O) groups excluding carboxylic acids is 1. The van der Waals surface area contributed by atoms with Gasteiger partial charge >= 0.3 is 6.03 Å². The normalized spacial score (nSPS) is 14.3. The topological polar surface area (TPSA) is 44.8 Å². The Bertz CT molecular complexity index is 796. The van der Waals surface area contributed by atoms with E-state index in [1.807, 2.05) is 30.0 Å². The van der Waals surface area contributed by atoms with Crippen LogP contribution in [0.5, 0.6) is 5.75 Å². The van der Waals surface area contributed by atoms with Gasteiger partial charge in [0, 0.05) is 43.6 Å². The third-order valence-electron chi connectivity index (χ3n) is 5.07. The summed E-state index contributed by atoms with van der Waals surface area (Å²) in [6, 6.07) is 12.2. The highest BCUT2D eigenvalue weighted by Crippen LogP contribution is 2.23. The van der Waals surface area contributed by atoms with Crippen LogP contribution in [0.15, 0.2) is 36.4 Å². The fourth-order valence-corrected chi connectivity index (χ4v) is 3.26. The molecule has 1 aliphatic rings. The number of carbonyl (C=O) groups is 1. The van der Waals surface area contributed by atoms with Crippen molar-refractivity contribution in [3.05, 3.63) is 53.1 Å². The lowest BCUT2D eigenvalue weighted by Crippen LogP contribution is -2.50. The average Bonchev–Trinajstić information content (AvgIpc) is 2.66. The Morgan fingerprint density at radius 1 is 0.962 bits per heavy atom. The fraction of sp³-hybridized carbons (Fsp3) is 0.381. The van der Waals surface area contributed by atoms with Gasteiger partial charge in [0.1, 0.15) is 5.75 Å². The number of hydrogen-bond donors (Lipinski definition) is 1. The number of nitrogens with zero attached hydrogens (tertiary/aromatic N) is 2. The molecule has 0 aromatic heterocycles. The Balaban J connectivity index is 1.61. The van der Waals surface area contributed by atoms with Crippen molar-refractivity contribution in [1.82, 2.24) is 4.90 Å². The third-order valence-corrected chi connectivity index (χ3v) is 5.07. The first kappa shape index (κ1) is 18.1. The van der Waals surface area contributed by atoms with E-state index in [0.29, 0.717) is 13.1 Å².